The summed E-state index contributed by atoms with van der Waals surface area (Å²) in [5.74, 6) is 0.224. The number of hydrogen-bond acceptors (Lipinski definition) is 4. The Morgan fingerprint density at radius 3 is 2.90 bits per heavy atom. The van der Waals surface area contributed by atoms with Crippen molar-refractivity contribution in [1.29, 1.82) is 0 Å². The highest BCUT2D eigenvalue weighted by molar-refractivity contribution is 5.79. The fourth-order valence-corrected chi connectivity index (χ4v) is 3.54. The number of rotatable bonds is 7. The highest BCUT2D eigenvalue weighted by Crippen LogP contribution is 2.20. The van der Waals surface area contributed by atoms with E-state index in [9.17, 15) is 4.79 Å². The summed E-state index contributed by atoms with van der Waals surface area (Å²) in [4.78, 5) is 17.1. The average molecular weight is 297 g/mol. The van der Waals surface area contributed by atoms with Crippen LogP contribution in [-0.2, 0) is 9.53 Å². The van der Waals surface area contributed by atoms with Gasteiger partial charge in [-0.1, -0.05) is 13.8 Å². The van der Waals surface area contributed by atoms with Crippen molar-refractivity contribution in [3.8, 4) is 0 Å². The molecule has 0 radical (unpaired) electrons. The van der Waals surface area contributed by atoms with E-state index in [1.54, 1.807) is 0 Å². The van der Waals surface area contributed by atoms with E-state index in [0.717, 1.165) is 26.1 Å². The average Bonchev–Trinajstić information content (AvgIpc) is 3.12. The first-order valence-corrected chi connectivity index (χ1v) is 8.47. The molecule has 1 N–H and O–H groups in total. The summed E-state index contributed by atoms with van der Waals surface area (Å²) >= 11 is 0. The molecular formula is C16H31N3O2. The Kier molecular flexibility index (Phi) is 6.45. The SMILES string of the molecule is CCCNC1COCC1C(=O)N(C)CC1CCCN1CC. The Labute approximate surface area is 129 Å². The van der Waals surface area contributed by atoms with E-state index in [1.807, 2.05) is 11.9 Å². The van der Waals surface area contributed by atoms with Crippen molar-refractivity contribution < 1.29 is 9.53 Å². The summed E-state index contributed by atoms with van der Waals surface area (Å²) in [7, 11) is 1.95. The van der Waals surface area contributed by atoms with Crippen LogP contribution in [0.25, 0.3) is 0 Å². The molecule has 0 spiro atoms. The van der Waals surface area contributed by atoms with Gasteiger partial charge in [0.05, 0.1) is 19.1 Å². The molecule has 2 fully saturated rings. The molecule has 2 aliphatic rings. The van der Waals surface area contributed by atoms with Crippen LogP contribution < -0.4 is 5.32 Å². The topological polar surface area (TPSA) is 44.8 Å². The third kappa shape index (κ3) is 4.18. The predicted molar refractivity (Wildman–Crippen MR) is 84.3 cm³/mol. The van der Waals surface area contributed by atoms with E-state index >= 15 is 0 Å². The van der Waals surface area contributed by atoms with Gasteiger partial charge in [-0.05, 0) is 38.9 Å². The molecule has 122 valence electrons. The molecule has 3 unspecified atom stereocenters. The van der Waals surface area contributed by atoms with E-state index in [-0.39, 0.29) is 17.9 Å². The van der Waals surface area contributed by atoms with Crippen LogP contribution in [0.5, 0.6) is 0 Å². The zero-order valence-electron chi connectivity index (χ0n) is 13.8. The zero-order chi connectivity index (χ0) is 15.2. The Hall–Kier alpha value is -0.650. The highest BCUT2D eigenvalue weighted by Gasteiger charge is 2.36. The Morgan fingerprint density at radius 2 is 2.19 bits per heavy atom. The Morgan fingerprint density at radius 1 is 1.38 bits per heavy atom. The minimum Gasteiger partial charge on any atom is -0.379 e. The van der Waals surface area contributed by atoms with Crippen molar-refractivity contribution in [2.75, 3.05) is 46.4 Å². The molecule has 2 rings (SSSR count). The number of nitrogens with zero attached hydrogens (tertiary/aromatic N) is 2. The second-order valence-corrected chi connectivity index (χ2v) is 6.35. The molecule has 0 aliphatic carbocycles. The molecule has 0 saturated carbocycles. The number of hydrogen-bond donors (Lipinski definition) is 1. The quantitative estimate of drug-likeness (QED) is 0.760. The maximum atomic E-state index is 12.7. The van der Waals surface area contributed by atoms with Crippen LogP contribution in [0.1, 0.15) is 33.1 Å². The molecule has 5 nitrogen and oxygen atoms in total. The first-order valence-electron chi connectivity index (χ1n) is 8.47. The van der Waals surface area contributed by atoms with Gasteiger partial charge in [-0.25, -0.2) is 0 Å². The standard InChI is InChI=1S/C16H31N3O2/c1-4-8-17-15-12-21-11-14(15)16(20)18(3)10-13-7-6-9-19(13)5-2/h13-15,17H,4-12H2,1-3H3. The molecule has 0 aromatic rings. The van der Waals surface area contributed by atoms with Gasteiger partial charge < -0.3 is 15.0 Å². The molecular weight excluding hydrogens is 266 g/mol. The third-order valence-corrected chi connectivity index (χ3v) is 4.82. The van der Waals surface area contributed by atoms with Gasteiger partial charge in [0.2, 0.25) is 5.91 Å². The van der Waals surface area contributed by atoms with Gasteiger partial charge in [0.1, 0.15) is 0 Å². The number of likely N-dealkylation sites (N-methyl/N-ethyl adjacent to an activating group) is 2. The highest BCUT2D eigenvalue weighted by atomic mass is 16.5. The van der Waals surface area contributed by atoms with Gasteiger partial charge in [0.25, 0.3) is 0 Å². The van der Waals surface area contributed by atoms with Crippen LogP contribution in [0.15, 0.2) is 0 Å². The number of nitrogens with one attached hydrogen (secondary N) is 1. The maximum absolute atomic E-state index is 12.7. The normalized spacial score (nSPS) is 30.0. The van der Waals surface area contributed by atoms with Gasteiger partial charge in [-0.2, -0.15) is 0 Å². The van der Waals surface area contributed by atoms with Crippen molar-refractivity contribution >= 4 is 5.91 Å². The van der Waals surface area contributed by atoms with Crippen LogP contribution in [0, 0.1) is 5.92 Å². The zero-order valence-corrected chi connectivity index (χ0v) is 13.8. The second-order valence-electron chi connectivity index (χ2n) is 6.35. The molecule has 21 heavy (non-hydrogen) atoms. The molecule has 0 aromatic heterocycles. The molecule has 3 atom stereocenters. The van der Waals surface area contributed by atoms with Crippen LogP contribution >= 0.6 is 0 Å². The van der Waals surface area contributed by atoms with E-state index in [1.165, 1.54) is 19.4 Å². The van der Waals surface area contributed by atoms with Crippen molar-refractivity contribution in [3.05, 3.63) is 0 Å². The predicted octanol–water partition coefficient (Wildman–Crippen LogP) is 0.944. The maximum Gasteiger partial charge on any atom is 0.229 e. The smallest absolute Gasteiger partial charge is 0.229 e. The van der Waals surface area contributed by atoms with Crippen LogP contribution in [-0.4, -0.2) is 74.2 Å². The molecule has 1 amide bonds. The summed E-state index contributed by atoms with van der Waals surface area (Å²) in [5, 5.41) is 3.45. The molecule has 2 aliphatic heterocycles. The van der Waals surface area contributed by atoms with Crippen molar-refractivity contribution in [2.45, 2.75) is 45.2 Å². The van der Waals surface area contributed by atoms with Crippen LogP contribution in [0.2, 0.25) is 0 Å². The lowest BCUT2D eigenvalue weighted by Crippen LogP contribution is -2.48. The number of ether oxygens (including phenoxy) is 1. The molecule has 0 bridgehead atoms. The van der Waals surface area contributed by atoms with Gasteiger partial charge in [0, 0.05) is 25.7 Å². The largest absolute Gasteiger partial charge is 0.379 e. The summed E-state index contributed by atoms with van der Waals surface area (Å²) in [6.45, 7) is 9.63. The monoisotopic (exact) mass is 297 g/mol. The first-order chi connectivity index (χ1) is 10.2. The number of carbonyl (C=O) groups excluding carboxylic acids is 1. The minimum absolute atomic E-state index is 0.0157. The Balaban J connectivity index is 1.86. The van der Waals surface area contributed by atoms with Gasteiger partial charge in [0.15, 0.2) is 0 Å². The number of carbonyl (C=O) groups is 1. The summed E-state index contributed by atoms with van der Waals surface area (Å²) < 4.78 is 5.53. The van der Waals surface area contributed by atoms with E-state index < -0.39 is 0 Å². The lowest BCUT2D eigenvalue weighted by atomic mass is 10.0. The fourth-order valence-electron chi connectivity index (χ4n) is 3.54. The summed E-state index contributed by atoms with van der Waals surface area (Å²) in [5.41, 5.74) is 0. The van der Waals surface area contributed by atoms with E-state index in [2.05, 4.69) is 24.1 Å². The third-order valence-electron chi connectivity index (χ3n) is 4.82. The first kappa shape index (κ1) is 16.7. The Bertz CT molecular complexity index is 337. The summed E-state index contributed by atoms with van der Waals surface area (Å²) in [6, 6.07) is 0.721. The van der Waals surface area contributed by atoms with Gasteiger partial charge in [-0.15, -0.1) is 0 Å². The molecule has 0 aromatic carbocycles. The molecule has 2 heterocycles. The van der Waals surface area contributed by atoms with E-state index in [0.29, 0.717) is 19.3 Å². The van der Waals surface area contributed by atoms with E-state index in [4.69, 9.17) is 4.74 Å². The van der Waals surface area contributed by atoms with Crippen LogP contribution in [0.4, 0.5) is 0 Å². The second kappa shape index (κ2) is 8.11. The summed E-state index contributed by atoms with van der Waals surface area (Å²) in [6.07, 6.45) is 3.55. The van der Waals surface area contributed by atoms with Gasteiger partial charge >= 0.3 is 0 Å². The molecule has 5 heteroatoms. The molecule has 2 saturated heterocycles. The lowest BCUT2D eigenvalue weighted by molar-refractivity contribution is -0.135. The number of amides is 1. The fraction of sp³-hybridized carbons (Fsp3) is 0.938. The van der Waals surface area contributed by atoms with Crippen molar-refractivity contribution in [3.63, 3.8) is 0 Å². The van der Waals surface area contributed by atoms with Crippen molar-refractivity contribution in [2.24, 2.45) is 5.92 Å². The van der Waals surface area contributed by atoms with Gasteiger partial charge in [-0.3, -0.25) is 9.69 Å². The van der Waals surface area contributed by atoms with Crippen LogP contribution in [0.3, 0.4) is 0 Å². The lowest BCUT2D eigenvalue weighted by Gasteiger charge is -2.30. The number of likely N-dealkylation sites (tertiary alicyclic amines) is 1. The minimum atomic E-state index is -0.0157. The van der Waals surface area contributed by atoms with Crippen molar-refractivity contribution in [1.82, 2.24) is 15.1 Å².